The van der Waals surface area contributed by atoms with Crippen molar-refractivity contribution in [3.8, 4) is 5.69 Å². The van der Waals surface area contributed by atoms with Crippen LogP contribution in [0.2, 0.25) is 0 Å². The number of carbonyl (C=O) groups is 2. The monoisotopic (exact) mass is 500 g/mol. The number of carbonyl (C=O) groups excluding carboxylic acids is 2. The smallest absolute Gasteiger partial charge is 0.261 e. The summed E-state index contributed by atoms with van der Waals surface area (Å²) in [6, 6.07) is 3.74. The number of aliphatic hydroxyl groups is 1. The van der Waals surface area contributed by atoms with Crippen molar-refractivity contribution in [2.45, 2.75) is 18.6 Å². The zero-order valence-corrected chi connectivity index (χ0v) is 18.6. The van der Waals surface area contributed by atoms with Crippen LogP contribution in [0.3, 0.4) is 0 Å². The number of rotatable bonds is 5. The van der Waals surface area contributed by atoms with Gasteiger partial charge in [-0.1, -0.05) is 5.16 Å². The second-order valence-corrected chi connectivity index (χ2v) is 8.09. The molecule has 1 aromatic carbocycles. The first-order chi connectivity index (χ1) is 17.2. The number of nitrogens with two attached hydrogens (primary N) is 1. The molecule has 1 aliphatic heterocycles. The van der Waals surface area contributed by atoms with Crippen LogP contribution in [0.4, 0.5) is 26.1 Å². The van der Waals surface area contributed by atoms with Crippen molar-refractivity contribution in [3.05, 3.63) is 48.4 Å². The molecule has 4 aromatic rings. The van der Waals surface area contributed by atoms with Crippen LogP contribution in [0.1, 0.15) is 6.92 Å². The van der Waals surface area contributed by atoms with Gasteiger partial charge in [0.05, 0.1) is 37.4 Å². The Morgan fingerprint density at radius 3 is 2.86 bits per heavy atom. The molecule has 3 aromatic heterocycles. The molecule has 2 amide bonds. The Kier molecular flexibility index (Phi) is 5.57. The zero-order valence-electron chi connectivity index (χ0n) is 18.6. The standard InChI is InChI=1S/C21H18F2N8O5/c1-21(34,20(33)27-10-6-12(22)15-14(7-10)36-29-17(15)24)16-19(32)30(4-5-35-16)18-13(23)9-31(28-18)11-2-3-25-26-8-11/h2-3,6-9,16,34H,4-5H2,1H3,(H2,24,29)(H,27,33). The number of nitrogens with zero attached hydrogens (tertiary/aromatic N) is 6. The molecule has 0 bridgehead atoms. The van der Waals surface area contributed by atoms with Gasteiger partial charge < -0.3 is 25.4 Å². The fraction of sp³-hybridized carbons (Fsp3) is 0.238. The number of aromatic nitrogens is 5. The molecule has 1 aliphatic rings. The van der Waals surface area contributed by atoms with Gasteiger partial charge in [-0.2, -0.15) is 10.2 Å². The summed E-state index contributed by atoms with van der Waals surface area (Å²) in [5.41, 5.74) is 3.39. The normalized spacial score (nSPS) is 17.8. The maximum Gasteiger partial charge on any atom is 0.261 e. The summed E-state index contributed by atoms with van der Waals surface area (Å²) in [5.74, 6) is -4.10. The molecule has 0 saturated carbocycles. The molecular weight excluding hydrogens is 482 g/mol. The summed E-state index contributed by atoms with van der Waals surface area (Å²) in [6.07, 6.45) is 2.08. The minimum Gasteiger partial charge on any atom is -0.380 e. The van der Waals surface area contributed by atoms with Gasteiger partial charge >= 0.3 is 0 Å². The number of hydrogen-bond donors (Lipinski definition) is 3. The molecule has 2 unspecified atom stereocenters. The SMILES string of the molecule is CC(O)(C(=O)Nc1cc(F)c2c(N)noc2c1)C1OCCN(c2nn(-c3ccnnc3)cc2F)C1=O. The number of anilines is 3. The van der Waals surface area contributed by atoms with E-state index < -0.39 is 35.2 Å². The van der Waals surface area contributed by atoms with E-state index in [0.717, 1.165) is 24.1 Å². The third-order valence-corrected chi connectivity index (χ3v) is 5.61. The van der Waals surface area contributed by atoms with Crippen LogP contribution in [0, 0.1) is 11.6 Å². The third kappa shape index (κ3) is 3.89. The first-order valence-corrected chi connectivity index (χ1v) is 10.5. The predicted molar refractivity (Wildman–Crippen MR) is 119 cm³/mol. The minimum atomic E-state index is -2.43. The highest BCUT2D eigenvalue weighted by molar-refractivity contribution is 6.06. The first-order valence-electron chi connectivity index (χ1n) is 10.5. The second-order valence-electron chi connectivity index (χ2n) is 8.09. The lowest BCUT2D eigenvalue weighted by molar-refractivity contribution is -0.165. The molecule has 0 radical (unpaired) electrons. The zero-order chi connectivity index (χ0) is 25.6. The number of fused-ring (bicyclic) bond motifs is 1. The molecule has 4 N–H and O–H groups in total. The van der Waals surface area contributed by atoms with Gasteiger partial charge in [0.1, 0.15) is 11.2 Å². The quantitative estimate of drug-likeness (QED) is 0.355. The van der Waals surface area contributed by atoms with E-state index in [2.05, 4.69) is 25.8 Å². The summed E-state index contributed by atoms with van der Waals surface area (Å²) < 4.78 is 40.6. The number of halogens is 2. The van der Waals surface area contributed by atoms with E-state index in [-0.39, 0.29) is 41.4 Å². The van der Waals surface area contributed by atoms with Crippen molar-refractivity contribution in [1.29, 1.82) is 0 Å². The Labute approximate surface area is 200 Å². The fourth-order valence-electron chi connectivity index (χ4n) is 3.77. The maximum absolute atomic E-state index is 14.7. The van der Waals surface area contributed by atoms with E-state index in [1.54, 1.807) is 0 Å². The lowest BCUT2D eigenvalue weighted by Crippen LogP contribution is -2.61. The van der Waals surface area contributed by atoms with Crippen LogP contribution in [-0.4, -0.2) is 66.9 Å². The van der Waals surface area contributed by atoms with Crippen molar-refractivity contribution < 1.29 is 32.7 Å². The number of hydrogen-bond acceptors (Lipinski definition) is 10. The first kappa shape index (κ1) is 23.3. The van der Waals surface area contributed by atoms with Gasteiger partial charge in [-0.25, -0.2) is 13.5 Å². The largest absolute Gasteiger partial charge is 0.380 e. The summed E-state index contributed by atoms with van der Waals surface area (Å²) in [4.78, 5) is 27.1. The Morgan fingerprint density at radius 1 is 1.31 bits per heavy atom. The number of nitrogens with one attached hydrogen (secondary N) is 1. The molecule has 0 aliphatic carbocycles. The maximum atomic E-state index is 14.7. The van der Waals surface area contributed by atoms with Gasteiger partial charge in [0.15, 0.2) is 34.7 Å². The number of ether oxygens (including phenoxy) is 1. The Bertz CT molecular complexity index is 1470. The topological polar surface area (TPSA) is 175 Å². The Hall–Kier alpha value is -4.50. The molecule has 36 heavy (non-hydrogen) atoms. The lowest BCUT2D eigenvalue weighted by atomic mass is 9.95. The van der Waals surface area contributed by atoms with E-state index in [0.29, 0.717) is 5.69 Å². The van der Waals surface area contributed by atoms with E-state index in [4.69, 9.17) is 15.0 Å². The number of benzene rings is 1. The van der Waals surface area contributed by atoms with Crippen molar-refractivity contribution in [1.82, 2.24) is 25.1 Å². The summed E-state index contributed by atoms with van der Waals surface area (Å²) in [6.45, 7) is 0.846. The van der Waals surface area contributed by atoms with Gasteiger partial charge in [0, 0.05) is 11.8 Å². The summed E-state index contributed by atoms with van der Waals surface area (Å²) in [7, 11) is 0. The molecule has 186 valence electrons. The van der Waals surface area contributed by atoms with Crippen LogP contribution in [-0.2, 0) is 14.3 Å². The van der Waals surface area contributed by atoms with Crippen molar-refractivity contribution in [2.24, 2.45) is 0 Å². The molecule has 4 heterocycles. The number of morpholine rings is 1. The summed E-state index contributed by atoms with van der Waals surface area (Å²) >= 11 is 0. The molecule has 13 nitrogen and oxygen atoms in total. The van der Waals surface area contributed by atoms with E-state index in [9.17, 15) is 23.5 Å². The molecule has 15 heteroatoms. The highest BCUT2D eigenvalue weighted by atomic mass is 19.1. The number of amides is 2. The molecule has 5 rings (SSSR count). The van der Waals surface area contributed by atoms with Gasteiger partial charge in [-0.3, -0.25) is 14.5 Å². The van der Waals surface area contributed by atoms with Crippen LogP contribution < -0.4 is 16.0 Å². The van der Waals surface area contributed by atoms with Crippen molar-refractivity contribution in [3.63, 3.8) is 0 Å². The highest BCUT2D eigenvalue weighted by Gasteiger charge is 2.49. The molecule has 1 fully saturated rings. The molecular formula is C21H18F2N8O5. The van der Waals surface area contributed by atoms with Gasteiger partial charge in [-0.15, -0.1) is 5.10 Å². The van der Waals surface area contributed by atoms with Crippen LogP contribution in [0.25, 0.3) is 16.7 Å². The van der Waals surface area contributed by atoms with Crippen LogP contribution >= 0.6 is 0 Å². The fourth-order valence-corrected chi connectivity index (χ4v) is 3.77. The molecule has 0 spiro atoms. The summed E-state index contributed by atoms with van der Waals surface area (Å²) in [5, 5.41) is 28.1. The minimum absolute atomic E-state index is 0.0333. The molecule has 1 saturated heterocycles. The predicted octanol–water partition coefficient (Wildman–Crippen LogP) is 0.785. The van der Waals surface area contributed by atoms with Crippen LogP contribution in [0.15, 0.2) is 41.3 Å². The van der Waals surface area contributed by atoms with Gasteiger partial charge in [0.2, 0.25) is 0 Å². The number of nitrogen functional groups attached to an aromatic ring is 1. The van der Waals surface area contributed by atoms with E-state index >= 15 is 0 Å². The highest BCUT2D eigenvalue weighted by Crippen LogP contribution is 2.30. The lowest BCUT2D eigenvalue weighted by Gasteiger charge is -2.37. The van der Waals surface area contributed by atoms with E-state index in [1.165, 1.54) is 29.2 Å². The second kappa shape index (κ2) is 8.62. The van der Waals surface area contributed by atoms with Crippen LogP contribution in [0.5, 0.6) is 0 Å². The third-order valence-electron chi connectivity index (χ3n) is 5.61. The van der Waals surface area contributed by atoms with Gasteiger partial charge in [0.25, 0.3) is 11.8 Å². The average Bonchev–Trinajstić information content (AvgIpc) is 3.42. The Morgan fingerprint density at radius 2 is 2.11 bits per heavy atom. The molecule has 2 atom stereocenters. The van der Waals surface area contributed by atoms with Gasteiger partial charge in [-0.05, 0) is 19.1 Å². The van der Waals surface area contributed by atoms with E-state index in [1.807, 2.05) is 0 Å². The Balaban J connectivity index is 1.38. The van der Waals surface area contributed by atoms with Crippen molar-refractivity contribution >= 4 is 40.1 Å². The van der Waals surface area contributed by atoms with Crippen molar-refractivity contribution in [2.75, 3.05) is 29.1 Å². The average molecular weight is 500 g/mol.